The van der Waals surface area contributed by atoms with E-state index in [1.165, 1.54) is 0 Å². The summed E-state index contributed by atoms with van der Waals surface area (Å²) in [6.07, 6.45) is 0. The molecule has 0 saturated heterocycles. The van der Waals surface area contributed by atoms with Gasteiger partial charge in [0.1, 0.15) is 16.2 Å². The van der Waals surface area contributed by atoms with Crippen molar-refractivity contribution < 1.29 is 28.6 Å². The van der Waals surface area contributed by atoms with Crippen LogP contribution in [-0.4, -0.2) is 42.7 Å². The third kappa shape index (κ3) is 5.52. The quantitative estimate of drug-likeness (QED) is 0.689. The third-order valence-electron chi connectivity index (χ3n) is 3.24. The third-order valence-corrected chi connectivity index (χ3v) is 4.30. The number of esters is 2. The van der Waals surface area contributed by atoms with Crippen LogP contribution in [0.2, 0.25) is 0 Å². The van der Waals surface area contributed by atoms with Gasteiger partial charge in [0.05, 0.1) is 18.9 Å². The van der Waals surface area contributed by atoms with E-state index in [2.05, 4.69) is 10.3 Å². The molecule has 0 bridgehead atoms. The largest absolute Gasteiger partial charge is 0.493 e. The molecule has 1 heterocycles. The van der Waals surface area contributed by atoms with E-state index in [0.717, 1.165) is 11.3 Å². The first-order valence-electron chi connectivity index (χ1n) is 8.29. The van der Waals surface area contributed by atoms with Crippen LogP contribution in [0.15, 0.2) is 24.3 Å². The molecule has 0 radical (unpaired) electrons. The van der Waals surface area contributed by atoms with Gasteiger partial charge in [-0.2, -0.15) is 0 Å². The van der Waals surface area contributed by atoms with Gasteiger partial charge in [-0.15, -0.1) is 0 Å². The van der Waals surface area contributed by atoms with Crippen LogP contribution in [0, 0.1) is 6.92 Å². The van der Waals surface area contributed by atoms with Crippen LogP contribution in [0.3, 0.4) is 0 Å². The second-order valence-electron chi connectivity index (χ2n) is 5.21. The minimum atomic E-state index is -0.670. The number of carbonyl (C=O) groups excluding carboxylic acids is 3. The monoisotopic (exact) mass is 392 g/mol. The number of hydrogen-bond acceptors (Lipinski definition) is 8. The zero-order valence-corrected chi connectivity index (χ0v) is 16.1. The number of aryl methyl sites for hydroxylation is 1. The highest BCUT2D eigenvalue weighted by Gasteiger charge is 2.19. The Morgan fingerprint density at radius 2 is 1.81 bits per heavy atom. The normalized spacial score (nSPS) is 10.2. The van der Waals surface area contributed by atoms with Crippen LogP contribution in [-0.2, 0) is 14.3 Å². The standard InChI is InChI=1S/C18H20N2O6S/c1-4-24-13-9-7-6-8-12(13)16(22)26-10-14(21)20-18-19-11(3)15(27-18)17(23)25-5-2/h6-9H,4-5,10H2,1-3H3,(H,19,20,21). The van der Waals surface area contributed by atoms with Crippen molar-refractivity contribution >= 4 is 34.3 Å². The Kier molecular flexibility index (Phi) is 7.30. The van der Waals surface area contributed by atoms with Crippen molar-refractivity contribution in [2.75, 3.05) is 25.1 Å². The number of thiazole rings is 1. The maximum Gasteiger partial charge on any atom is 0.350 e. The minimum Gasteiger partial charge on any atom is -0.493 e. The van der Waals surface area contributed by atoms with E-state index >= 15 is 0 Å². The maximum absolute atomic E-state index is 12.2. The first kappa shape index (κ1) is 20.4. The lowest BCUT2D eigenvalue weighted by atomic mass is 10.2. The smallest absolute Gasteiger partial charge is 0.350 e. The molecule has 0 aliphatic carbocycles. The summed E-state index contributed by atoms with van der Waals surface area (Å²) in [6, 6.07) is 6.62. The van der Waals surface area contributed by atoms with Gasteiger partial charge in [0, 0.05) is 0 Å². The van der Waals surface area contributed by atoms with E-state index in [4.69, 9.17) is 14.2 Å². The van der Waals surface area contributed by atoms with Crippen LogP contribution in [0.4, 0.5) is 5.13 Å². The lowest BCUT2D eigenvalue weighted by molar-refractivity contribution is -0.119. The summed E-state index contributed by atoms with van der Waals surface area (Å²) in [4.78, 5) is 40.4. The topological polar surface area (TPSA) is 104 Å². The zero-order chi connectivity index (χ0) is 19.8. The average molecular weight is 392 g/mol. The van der Waals surface area contributed by atoms with Crippen molar-refractivity contribution in [1.29, 1.82) is 0 Å². The molecule has 8 nitrogen and oxygen atoms in total. The summed E-state index contributed by atoms with van der Waals surface area (Å²) in [5.74, 6) is -1.34. The number of aromatic nitrogens is 1. The molecule has 2 aromatic rings. The number of carbonyl (C=O) groups is 3. The average Bonchev–Trinajstić information content (AvgIpc) is 3.01. The van der Waals surface area contributed by atoms with Crippen molar-refractivity contribution in [3.05, 3.63) is 40.4 Å². The molecular weight excluding hydrogens is 372 g/mol. The molecule has 27 heavy (non-hydrogen) atoms. The molecule has 0 spiro atoms. The first-order chi connectivity index (χ1) is 13.0. The SMILES string of the molecule is CCOC(=O)c1sc(NC(=O)COC(=O)c2ccccc2OCC)nc1C. The molecule has 9 heteroatoms. The number of ether oxygens (including phenoxy) is 3. The predicted octanol–water partition coefficient (Wildman–Crippen LogP) is 2.82. The number of para-hydroxylation sites is 1. The van der Waals surface area contributed by atoms with E-state index < -0.39 is 24.5 Å². The molecule has 1 amide bonds. The van der Waals surface area contributed by atoms with Gasteiger partial charge >= 0.3 is 11.9 Å². The van der Waals surface area contributed by atoms with E-state index in [9.17, 15) is 14.4 Å². The van der Waals surface area contributed by atoms with Gasteiger partial charge in [-0.05, 0) is 32.9 Å². The highest BCUT2D eigenvalue weighted by molar-refractivity contribution is 7.17. The van der Waals surface area contributed by atoms with E-state index in [1.54, 1.807) is 45.0 Å². The fraction of sp³-hybridized carbons (Fsp3) is 0.333. The van der Waals surface area contributed by atoms with E-state index in [0.29, 0.717) is 22.9 Å². The Morgan fingerprint density at radius 3 is 2.52 bits per heavy atom. The van der Waals surface area contributed by atoms with Crippen molar-refractivity contribution in [3.63, 3.8) is 0 Å². The van der Waals surface area contributed by atoms with Crippen LogP contribution >= 0.6 is 11.3 Å². The van der Waals surface area contributed by atoms with Gasteiger partial charge in [0.2, 0.25) is 0 Å². The fourth-order valence-electron chi connectivity index (χ4n) is 2.12. The molecule has 0 aliphatic rings. The summed E-state index contributed by atoms with van der Waals surface area (Å²) < 4.78 is 15.3. The summed E-state index contributed by atoms with van der Waals surface area (Å²) in [5.41, 5.74) is 0.693. The highest BCUT2D eigenvalue weighted by atomic mass is 32.1. The lowest BCUT2D eigenvalue weighted by Crippen LogP contribution is -2.21. The van der Waals surface area contributed by atoms with E-state index in [-0.39, 0.29) is 17.3 Å². The number of hydrogen-bond donors (Lipinski definition) is 1. The summed E-state index contributed by atoms with van der Waals surface area (Å²) in [5, 5.41) is 2.73. The maximum atomic E-state index is 12.2. The molecule has 0 aliphatic heterocycles. The Hall–Kier alpha value is -2.94. The molecule has 0 fully saturated rings. The van der Waals surface area contributed by atoms with Gasteiger partial charge in [-0.3, -0.25) is 10.1 Å². The van der Waals surface area contributed by atoms with Crippen LogP contribution < -0.4 is 10.1 Å². The van der Waals surface area contributed by atoms with Gasteiger partial charge in [-0.1, -0.05) is 23.5 Å². The summed E-state index contributed by atoms with van der Waals surface area (Å²) >= 11 is 0.997. The van der Waals surface area contributed by atoms with Crippen LogP contribution in [0.5, 0.6) is 5.75 Å². The Morgan fingerprint density at radius 1 is 1.07 bits per heavy atom. The summed E-state index contributed by atoms with van der Waals surface area (Å²) in [6.45, 7) is 5.30. The Balaban J connectivity index is 1.94. The zero-order valence-electron chi connectivity index (χ0n) is 15.2. The van der Waals surface area contributed by atoms with Crippen LogP contribution in [0.25, 0.3) is 0 Å². The highest BCUT2D eigenvalue weighted by Crippen LogP contribution is 2.23. The molecular formula is C18H20N2O6S. The first-order valence-corrected chi connectivity index (χ1v) is 9.11. The lowest BCUT2D eigenvalue weighted by Gasteiger charge is -2.09. The fourth-order valence-corrected chi connectivity index (χ4v) is 2.99. The number of benzene rings is 1. The minimum absolute atomic E-state index is 0.228. The van der Waals surface area contributed by atoms with Crippen molar-refractivity contribution in [3.8, 4) is 5.75 Å². The van der Waals surface area contributed by atoms with Gasteiger partial charge < -0.3 is 14.2 Å². The second-order valence-corrected chi connectivity index (χ2v) is 6.21. The number of amides is 1. The van der Waals surface area contributed by atoms with Gasteiger partial charge in [0.25, 0.3) is 5.91 Å². The van der Waals surface area contributed by atoms with Crippen molar-refractivity contribution in [2.24, 2.45) is 0 Å². The molecule has 0 saturated carbocycles. The number of anilines is 1. The molecule has 1 aromatic heterocycles. The Labute approximate surface area is 160 Å². The van der Waals surface area contributed by atoms with Gasteiger partial charge in [-0.25, -0.2) is 14.6 Å². The van der Waals surface area contributed by atoms with Crippen molar-refractivity contribution in [2.45, 2.75) is 20.8 Å². The number of nitrogens with zero attached hydrogens (tertiary/aromatic N) is 1. The summed E-state index contributed by atoms with van der Waals surface area (Å²) in [7, 11) is 0. The number of rotatable bonds is 8. The number of nitrogens with one attached hydrogen (secondary N) is 1. The molecule has 0 atom stereocenters. The van der Waals surface area contributed by atoms with E-state index in [1.807, 2.05) is 0 Å². The molecule has 1 N–H and O–H groups in total. The predicted molar refractivity (Wildman–Crippen MR) is 99.3 cm³/mol. The van der Waals surface area contributed by atoms with Crippen molar-refractivity contribution in [1.82, 2.24) is 4.98 Å². The van der Waals surface area contributed by atoms with Crippen LogP contribution in [0.1, 0.15) is 39.6 Å². The molecule has 0 unspecified atom stereocenters. The Bertz CT molecular complexity index is 833. The second kappa shape index (κ2) is 9.67. The molecule has 2 rings (SSSR count). The molecule has 1 aromatic carbocycles. The molecule has 144 valence electrons. The van der Waals surface area contributed by atoms with Gasteiger partial charge in [0.15, 0.2) is 11.7 Å².